The molecule has 2 saturated carbocycles. The third-order valence-corrected chi connectivity index (χ3v) is 4.66. The lowest BCUT2D eigenvalue weighted by Gasteiger charge is -2.44. The van der Waals surface area contributed by atoms with Crippen LogP contribution in [0, 0.1) is 5.41 Å². The smallest absolute Gasteiger partial charge is 0.377 e. The average molecular weight is 248 g/mol. The first kappa shape index (κ1) is 12.7. The molecule has 2 aliphatic carbocycles. The van der Waals surface area contributed by atoms with Gasteiger partial charge in [-0.3, -0.25) is 0 Å². The van der Waals surface area contributed by atoms with Gasteiger partial charge in [0.25, 0.3) is 0 Å². The molecular formula is C12H18F2O3. The molecule has 0 aliphatic heterocycles. The van der Waals surface area contributed by atoms with E-state index in [9.17, 15) is 18.7 Å². The van der Waals surface area contributed by atoms with E-state index in [-0.39, 0.29) is 18.3 Å². The normalized spacial score (nSPS) is 27.2. The zero-order valence-electron chi connectivity index (χ0n) is 9.72. The summed E-state index contributed by atoms with van der Waals surface area (Å²) in [5.74, 6) is -6.25. The molecule has 2 rings (SSSR count). The molecule has 98 valence electrons. The fourth-order valence-corrected chi connectivity index (χ4v) is 3.33. The van der Waals surface area contributed by atoms with Gasteiger partial charge in [-0.15, -0.1) is 0 Å². The van der Waals surface area contributed by atoms with Gasteiger partial charge in [-0.1, -0.05) is 12.8 Å². The van der Waals surface area contributed by atoms with Crippen molar-refractivity contribution >= 4 is 5.97 Å². The molecule has 0 aromatic carbocycles. The van der Waals surface area contributed by atoms with Crippen molar-refractivity contribution in [3.63, 3.8) is 0 Å². The average Bonchev–Trinajstić information content (AvgIpc) is 2.71. The molecule has 0 bridgehead atoms. The molecule has 3 nitrogen and oxygen atoms in total. The lowest BCUT2D eigenvalue weighted by molar-refractivity contribution is -0.221. The van der Waals surface area contributed by atoms with E-state index in [0.717, 1.165) is 25.7 Å². The number of carboxylic acid groups (broad SMARTS) is 1. The topological polar surface area (TPSA) is 57.5 Å². The Balaban J connectivity index is 2.09. The van der Waals surface area contributed by atoms with Crippen molar-refractivity contribution in [2.45, 2.75) is 62.9 Å². The number of hydrogen-bond acceptors (Lipinski definition) is 2. The molecule has 2 aliphatic rings. The number of hydrogen-bond donors (Lipinski definition) is 2. The molecule has 5 heteroatoms. The van der Waals surface area contributed by atoms with Gasteiger partial charge in [0.05, 0.1) is 0 Å². The Bertz CT molecular complexity index is 312. The molecule has 0 amide bonds. The fourth-order valence-electron chi connectivity index (χ4n) is 3.33. The molecule has 0 heterocycles. The van der Waals surface area contributed by atoms with E-state index in [1.165, 1.54) is 0 Å². The van der Waals surface area contributed by atoms with E-state index >= 15 is 0 Å². The standard InChI is InChI=1S/C12H18F2O3/c13-12(14,9(15)16)11(17)7-5-10(6-8-11)3-1-2-4-10/h17H,1-8H2,(H,15,16). The maximum atomic E-state index is 13.4. The minimum absolute atomic E-state index is 0.0980. The van der Waals surface area contributed by atoms with Gasteiger partial charge in [0.15, 0.2) is 0 Å². The highest BCUT2D eigenvalue weighted by molar-refractivity contribution is 5.77. The van der Waals surface area contributed by atoms with Gasteiger partial charge in [-0.2, -0.15) is 8.78 Å². The van der Waals surface area contributed by atoms with Crippen molar-refractivity contribution < 1.29 is 23.8 Å². The van der Waals surface area contributed by atoms with E-state index in [1.807, 2.05) is 0 Å². The third kappa shape index (κ3) is 1.94. The van der Waals surface area contributed by atoms with Crippen molar-refractivity contribution in [1.82, 2.24) is 0 Å². The Hall–Kier alpha value is -0.710. The number of alkyl halides is 2. The largest absolute Gasteiger partial charge is 0.477 e. The quantitative estimate of drug-likeness (QED) is 0.789. The Morgan fingerprint density at radius 3 is 1.88 bits per heavy atom. The summed E-state index contributed by atoms with van der Waals surface area (Å²) in [6.45, 7) is 0. The Morgan fingerprint density at radius 2 is 1.47 bits per heavy atom. The van der Waals surface area contributed by atoms with Gasteiger partial charge in [0, 0.05) is 0 Å². The number of carbonyl (C=O) groups is 1. The van der Waals surface area contributed by atoms with Gasteiger partial charge in [-0.05, 0) is 43.9 Å². The highest BCUT2D eigenvalue weighted by Crippen LogP contribution is 2.54. The molecule has 1 spiro atoms. The van der Waals surface area contributed by atoms with Crippen LogP contribution in [-0.4, -0.2) is 27.7 Å². The van der Waals surface area contributed by atoms with Gasteiger partial charge >= 0.3 is 11.9 Å². The lowest BCUT2D eigenvalue weighted by Crippen LogP contribution is -2.56. The van der Waals surface area contributed by atoms with Crippen molar-refractivity contribution in [3.8, 4) is 0 Å². The Kier molecular flexibility index (Phi) is 2.92. The summed E-state index contributed by atoms with van der Waals surface area (Å²) in [4.78, 5) is 10.5. The van der Waals surface area contributed by atoms with Gasteiger partial charge in [0.2, 0.25) is 0 Å². The van der Waals surface area contributed by atoms with Crippen molar-refractivity contribution in [2.75, 3.05) is 0 Å². The van der Waals surface area contributed by atoms with Crippen LogP contribution in [-0.2, 0) is 4.79 Å². The van der Waals surface area contributed by atoms with Gasteiger partial charge < -0.3 is 10.2 Å². The molecule has 2 N–H and O–H groups in total. The fraction of sp³-hybridized carbons (Fsp3) is 0.917. The monoisotopic (exact) mass is 248 g/mol. The number of carboxylic acids is 1. The second-order valence-corrected chi connectivity index (χ2v) is 5.62. The molecule has 0 radical (unpaired) electrons. The summed E-state index contributed by atoms with van der Waals surface area (Å²) in [5.41, 5.74) is -2.26. The van der Waals surface area contributed by atoms with Crippen LogP contribution in [0.2, 0.25) is 0 Å². The molecule has 0 unspecified atom stereocenters. The number of aliphatic carboxylic acids is 1. The van der Waals surface area contributed by atoms with Crippen LogP contribution >= 0.6 is 0 Å². The highest BCUT2D eigenvalue weighted by Gasteiger charge is 2.61. The molecule has 2 fully saturated rings. The van der Waals surface area contributed by atoms with Crippen LogP contribution in [0.4, 0.5) is 8.78 Å². The molecule has 0 saturated heterocycles. The second kappa shape index (κ2) is 3.90. The van der Waals surface area contributed by atoms with E-state index < -0.39 is 17.5 Å². The molecular weight excluding hydrogens is 230 g/mol. The summed E-state index contributed by atoms with van der Waals surface area (Å²) >= 11 is 0. The number of halogens is 2. The zero-order valence-corrected chi connectivity index (χ0v) is 9.72. The van der Waals surface area contributed by atoms with Crippen LogP contribution in [0.25, 0.3) is 0 Å². The van der Waals surface area contributed by atoms with Gasteiger partial charge in [-0.25, -0.2) is 4.79 Å². The van der Waals surface area contributed by atoms with Crippen LogP contribution in [0.5, 0.6) is 0 Å². The minimum Gasteiger partial charge on any atom is -0.477 e. The maximum Gasteiger partial charge on any atom is 0.377 e. The zero-order chi connectivity index (χ0) is 12.7. The summed E-state index contributed by atoms with van der Waals surface area (Å²) < 4.78 is 26.9. The summed E-state index contributed by atoms with van der Waals surface area (Å²) in [5, 5.41) is 18.4. The second-order valence-electron chi connectivity index (χ2n) is 5.62. The first-order valence-electron chi connectivity index (χ1n) is 6.15. The van der Waals surface area contributed by atoms with Crippen molar-refractivity contribution in [2.24, 2.45) is 5.41 Å². The predicted octanol–water partition coefficient (Wildman–Crippen LogP) is 2.57. The summed E-state index contributed by atoms with van der Waals surface area (Å²) in [7, 11) is 0. The maximum absolute atomic E-state index is 13.4. The Morgan fingerprint density at radius 1 is 1.00 bits per heavy atom. The summed E-state index contributed by atoms with van der Waals surface area (Å²) in [6.07, 6.45) is 5.13. The lowest BCUT2D eigenvalue weighted by atomic mass is 9.66. The first-order chi connectivity index (χ1) is 7.81. The number of aliphatic hydroxyl groups is 1. The van der Waals surface area contributed by atoms with Crippen molar-refractivity contribution in [1.29, 1.82) is 0 Å². The minimum atomic E-state index is -4.03. The van der Waals surface area contributed by atoms with Crippen molar-refractivity contribution in [3.05, 3.63) is 0 Å². The highest BCUT2D eigenvalue weighted by atomic mass is 19.3. The molecule has 17 heavy (non-hydrogen) atoms. The van der Waals surface area contributed by atoms with Crippen LogP contribution < -0.4 is 0 Å². The molecule has 0 aromatic rings. The van der Waals surface area contributed by atoms with E-state index in [0.29, 0.717) is 12.8 Å². The first-order valence-corrected chi connectivity index (χ1v) is 6.15. The van der Waals surface area contributed by atoms with E-state index in [2.05, 4.69) is 0 Å². The van der Waals surface area contributed by atoms with Gasteiger partial charge in [0.1, 0.15) is 5.60 Å². The molecule has 0 aromatic heterocycles. The van der Waals surface area contributed by atoms with Crippen LogP contribution in [0.3, 0.4) is 0 Å². The number of rotatable bonds is 2. The molecule has 0 atom stereocenters. The Labute approximate surface area is 98.8 Å². The summed E-state index contributed by atoms with van der Waals surface area (Å²) in [6, 6.07) is 0. The predicted molar refractivity (Wildman–Crippen MR) is 56.9 cm³/mol. The SMILES string of the molecule is O=C(O)C(F)(F)C1(O)CCC2(CCCC2)CC1. The van der Waals surface area contributed by atoms with E-state index in [1.54, 1.807) is 0 Å². The van der Waals surface area contributed by atoms with Crippen LogP contribution in [0.1, 0.15) is 51.4 Å². The van der Waals surface area contributed by atoms with Crippen LogP contribution in [0.15, 0.2) is 0 Å². The van der Waals surface area contributed by atoms with E-state index in [4.69, 9.17) is 5.11 Å². The third-order valence-electron chi connectivity index (χ3n) is 4.66.